The lowest BCUT2D eigenvalue weighted by atomic mass is 10.1. The first-order valence-corrected chi connectivity index (χ1v) is 10.4. The Hall–Kier alpha value is -3.27. The Bertz CT molecular complexity index is 1130. The topological polar surface area (TPSA) is 36.3 Å². The molecule has 0 bridgehead atoms. The molecule has 4 nitrogen and oxygen atoms in total. The average molecular weight is 401 g/mol. The predicted octanol–water partition coefficient (Wildman–Crippen LogP) is 6.01. The van der Waals surface area contributed by atoms with Crippen molar-refractivity contribution in [3.63, 3.8) is 0 Å². The average Bonchev–Trinajstić information content (AvgIpc) is 3.11. The molecule has 154 valence electrons. The lowest BCUT2D eigenvalue weighted by Gasteiger charge is -2.12. The third kappa shape index (κ3) is 4.65. The Balaban J connectivity index is 1.43. The maximum absolute atomic E-state index is 6.00. The summed E-state index contributed by atoms with van der Waals surface area (Å²) in [5, 5.41) is 0. The fraction of sp³-hybridized carbons (Fsp3) is 0.269. The Morgan fingerprint density at radius 3 is 2.37 bits per heavy atom. The molecule has 0 radical (unpaired) electrons. The standard InChI is InChI=1S/C26H28N2O2/c1-19-9-12-22(13-10-19)30-18-26-27-24-7-4-5-8-25(24)28(26)15-6-16-29-23-14-11-20(2)21(3)17-23/h4-5,7-14,17H,6,15-16,18H2,1-3H3. The van der Waals surface area contributed by atoms with Crippen LogP contribution in [0.15, 0.2) is 66.7 Å². The molecule has 0 saturated heterocycles. The largest absolute Gasteiger partial charge is 0.494 e. The van der Waals surface area contributed by atoms with Gasteiger partial charge in [-0.3, -0.25) is 0 Å². The van der Waals surface area contributed by atoms with E-state index in [9.17, 15) is 0 Å². The molecule has 0 fully saturated rings. The van der Waals surface area contributed by atoms with Crippen LogP contribution in [0.2, 0.25) is 0 Å². The second-order valence-electron chi connectivity index (χ2n) is 7.72. The van der Waals surface area contributed by atoms with Crippen LogP contribution in [-0.4, -0.2) is 16.2 Å². The van der Waals surface area contributed by atoms with E-state index in [2.05, 4.69) is 61.7 Å². The SMILES string of the molecule is Cc1ccc(OCc2nc3ccccc3n2CCCOc2ccc(C)c(C)c2)cc1. The summed E-state index contributed by atoms with van der Waals surface area (Å²) < 4.78 is 14.2. The molecular weight excluding hydrogens is 372 g/mol. The number of benzene rings is 3. The lowest BCUT2D eigenvalue weighted by molar-refractivity contribution is 0.280. The van der Waals surface area contributed by atoms with Crippen molar-refractivity contribution in [1.29, 1.82) is 0 Å². The molecule has 0 spiro atoms. The van der Waals surface area contributed by atoms with Crippen LogP contribution >= 0.6 is 0 Å². The number of ether oxygens (including phenoxy) is 2. The minimum absolute atomic E-state index is 0.440. The van der Waals surface area contributed by atoms with E-state index < -0.39 is 0 Å². The van der Waals surface area contributed by atoms with E-state index >= 15 is 0 Å². The van der Waals surface area contributed by atoms with Crippen LogP contribution in [0.25, 0.3) is 11.0 Å². The van der Waals surface area contributed by atoms with Crippen LogP contribution in [0.5, 0.6) is 11.5 Å². The number of imidazole rings is 1. The maximum atomic E-state index is 6.00. The number of aryl methyl sites for hydroxylation is 4. The Morgan fingerprint density at radius 1 is 0.800 bits per heavy atom. The van der Waals surface area contributed by atoms with Crippen molar-refractivity contribution in [2.45, 2.75) is 40.3 Å². The van der Waals surface area contributed by atoms with Gasteiger partial charge in [0.05, 0.1) is 17.6 Å². The molecule has 4 rings (SSSR count). The molecule has 0 aliphatic rings. The van der Waals surface area contributed by atoms with Gasteiger partial charge in [0.25, 0.3) is 0 Å². The number of hydrogen-bond donors (Lipinski definition) is 0. The van der Waals surface area contributed by atoms with Gasteiger partial charge in [-0.2, -0.15) is 0 Å². The molecule has 0 unspecified atom stereocenters. The van der Waals surface area contributed by atoms with Crippen LogP contribution in [0.3, 0.4) is 0 Å². The number of fused-ring (bicyclic) bond motifs is 1. The van der Waals surface area contributed by atoms with Gasteiger partial charge in [0, 0.05) is 6.54 Å². The van der Waals surface area contributed by atoms with Gasteiger partial charge in [0.2, 0.25) is 0 Å². The van der Waals surface area contributed by atoms with E-state index in [-0.39, 0.29) is 0 Å². The summed E-state index contributed by atoms with van der Waals surface area (Å²) in [4.78, 5) is 4.80. The third-order valence-corrected chi connectivity index (χ3v) is 5.40. The van der Waals surface area contributed by atoms with Crippen molar-refractivity contribution < 1.29 is 9.47 Å². The minimum atomic E-state index is 0.440. The number of para-hydroxylation sites is 2. The van der Waals surface area contributed by atoms with Crippen molar-refractivity contribution >= 4 is 11.0 Å². The van der Waals surface area contributed by atoms with Crippen molar-refractivity contribution in [3.8, 4) is 11.5 Å². The summed E-state index contributed by atoms with van der Waals surface area (Å²) in [5.74, 6) is 2.72. The van der Waals surface area contributed by atoms with E-state index in [4.69, 9.17) is 14.5 Å². The molecular formula is C26H28N2O2. The molecule has 30 heavy (non-hydrogen) atoms. The highest BCUT2D eigenvalue weighted by Crippen LogP contribution is 2.20. The highest BCUT2D eigenvalue weighted by atomic mass is 16.5. The van der Waals surface area contributed by atoms with Crippen LogP contribution in [-0.2, 0) is 13.2 Å². The van der Waals surface area contributed by atoms with Gasteiger partial charge in [0.15, 0.2) is 0 Å². The zero-order chi connectivity index (χ0) is 20.9. The fourth-order valence-electron chi connectivity index (χ4n) is 3.48. The molecule has 0 atom stereocenters. The molecule has 0 amide bonds. The molecule has 4 aromatic rings. The van der Waals surface area contributed by atoms with Gasteiger partial charge in [0.1, 0.15) is 23.9 Å². The fourth-order valence-corrected chi connectivity index (χ4v) is 3.48. The highest BCUT2D eigenvalue weighted by Gasteiger charge is 2.11. The first kappa shape index (κ1) is 20.0. The smallest absolute Gasteiger partial charge is 0.147 e. The van der Waals surface area contributed by atoms with E-state index in [1.165, 1.54) is 16.7 Å². The highest BCUT2D eigenvalue weighted by molar-refractivity contribution is 5.75. The molecule has 0 aliphatic heterocycles. The number of aromatic nitrogens is 2. The molecule has 0 N–H and O–H groups in total. The Labute approximate surface area is 178 Å². The van der Waals surface area contributed by atoms with Gasteiger partial charge in [-0.25, -0.2) is 4.98 Å². The van der Waals surface area contributed by atoms with Crippen LogP contribution < -0.4 is 9.47 Å². The van der Waals surface area contributed by atoms with Gasteiger partial charge in [-0.15, -0.1) is 0 Å². The van der Waals surface area contributed by atoms with Crippen molar-refractivity contribution in [3.05, 3.63) is 89.2 Å². The zero-order valence-electron chi connectivity index (χ0n) is 17.9. The molecule has 4 heteroatoms. The van der Waals surface area contributed by atoms with E-state index in [0.29, 0.717) is 13.2 Å². The van der Waals surface area contributed by atoms with Crippen molar-refractivity contribution in [2.24, 2.45) is 0 Å². The Morgan fingerprint density at radius 2 is 1.57 bits per heavy atom. The van der Waals surface area contributed by atoms with E-state index in [1.807, 2.05) is 30.3 Å². The lowest BCUT2D eigenvalue weighted by Crippen LogP contribution is -2.10. The summed E-state index contributed by atoms with van der Waals surface area (Å²) >= 11 is 0. The molecule has 1 heterocycles. The first-order valence-electron chi connectivity index (χ1n) is 10.4. The van der Waals surface area contributed by atoms with Gasteiger partial charge < -0.3 is 14.0 Å². The monoisotopic (exact) mass is 400 g/mol. The van der Waals surface area contributed by atoms with Crippen LogP contribution in [0.1, 0.15) is 28.9 Å². The summed E-state index contributed by atoms with van der Waals surface area (Å²) in [6.45, 7) is 8.23. The quantitative estimate of drug-likeness (QED) is 0.340. The summed E-state index contributed by atoms with van der Waals surface area (Å²) in [6, 6.07) is 22.6. The Kier molecular flexibility index (Phi) is 6.03. The summed E-state index contributed by atoms with van der Waals surface area (Å²) in [5.41, 5.74) is 5.88. The predicted molar refractivity (Wildman–Crippen MR) is 121 cm³/mol. The second-order valence-corrected chi connectivity index (χ2v) is 7.72. The minimum Gasteiger partial charge on any atom is -0.494 e. The van der Waals surface area contributed by atoms with Gasteiger partial charge in [-0.1, -0.05) is 35.9 Å². The van der Waals surface area contributed by atoms with Crippen LogP contribution in [0.4, 0.5) is 0 Å². The molecule has 1 aromatic heterocycles. The number of rotatable bonds is 8. The van der Waals surface area contributed by atoms with Crippen molar-refractivity contribution in [1.82, 2.24) is 9.55 Å². The van der Waals surface area contributed by atoms with Gasteiger partial charge in [-0.05, 0) is 74.7 Å². The van der Waals surface area contributed by atoms with E-state index in [0.717, 1.165) is 41.3 Å². The molecule has 3 aromatic carbocycles. The van der Waals surface area contributed by atoms with Crippen molar-refractivity contribution in [2.75, 3.05) is 6.61 Å². The van der Waals surface area contributed by atoms with Gasteiger partial charge >= 0.3 is 0 Å². The normalized spacial score (nSPS) is 11.0. The second kappa shape index (κ2) is 9.04. The molecule has 0 aliphatic carbocycles. The summed E-state index contributed by atoms with van der Waals surface area (Å²) in [7, 11) is 0. The number of hydrogen-bond acceptors (Lipinski definition) is 3. The maximum Gasteiger partial charge on any atom is 0.147 e. The third-order valence-electron chi connectivity index (χ3n) is 5.40. The first-order chi connectivity index (χ1) is 14.6. The summed E-state index contributed by atoms with van der Waals surface area (Å²) in [6.07, 6.45) is 0.894. The van der Waals surface area contributed by atoms with Crippen LogP contribution in [0, 0.1) is 20.8 Å². The zero-order valence-corrected chi connectivity index (χ0v) is 17.9. The number of nitrogens with zero attached hydrogens (tertiary/aromatic N) is 2. The molecule has 0 saturated carbocycles. The van der Waals surface area contributed by atoms with E-state index in [1.54, 1.807) is 0 Å².